The van der Waals surface area contributed by atoms with Gasteiger partial charge in [0.2, 0.25) is 5.91 Å². The zero-order valence-electron chi connectivity index (χ0n) is 11.9. The van der Waals surface area contributed by atoms with Crippen molar-refractivity contribution in [2.75, 3.05) is 24.3 Å². The average Bonchev–Trinajstić information content (AvgIpc) is 2.36. The van der Waals surface area contributed by atoms with E-state index >= 15 is 0 Å². The summed E-state index contributed by atoms with van der Waals surface area (Å²) in [6.45, 7) is 3.98. The summed E-state index contributed by atoms with van der Waals surface area (Å²) in [6.07, 6.45) is 0.870. The van der Waals surface area contributed by atoms with Crippen LogP contribution in [0, 0.1) is 5.92 Å². The fraction of sp³-hybridized carbons (Fsp3) is 0.500. The van der Waals surface area contributed by atoms with Gasteiger partial charge < -0.3 is 16.0 Å². The van der Waals surface area contributed by atoms with Crippen LogP contribution in [0.4, 0.5) is 11.4 Å². The van der Waals surface area contributed by atoms with Crippen molar-refractivity contribution in [3.8, 4) is 0 Å². The number of carbonyl (C=O) groups excluding carboxylic acids is 1. The Morgan fingerprint density at radius 3 is 2.58 bits per heavy atom. The molecule has 0 radical (unpaired) electrons. The number of anilines is 2. The molecule has 0 spiro atoms. The molecule has 3 N–H and O–H groups in total. The van der Waals surface area contributed by atoms with E-state index in [1.807, 2.05) is 45.0 Å². The van der Waals surface area contributed by atoms with Gasteiger partial charge in [-0.15, -0.1) is 0 Å². The zero-order chi connectivity index (χ0) is 14.6. The smallest absolute Gasteiger partial charge is 0.241 e. The second kappa shape index (κ2) is 6.78. The maximum atomic E-state index is 12.0. The highest BCUT2D eigenvalue weighted by atomic mass is 35.5. The van der Waals surface area contributed by atoms with E-state index in [9.17, 15) is 4.79 Å². The second-order valence-corrected chi connectivity index (χ2v) is 5.37. The largest absolute Gasteiger partial charge is 0.376 e. The molecule has 1 aromatic rings. The van der Waals surface area contributed by atoms with Crippen molar-refractivity contribution < 1.29 is 4.79 Å². The summed E-state index contributed by atoms with van der Waals surface area (Å²) in [5.74, 6) is -0.0282. The van der Waals surface area contributed by atoms with E-state index in [4.69, 9.17) is 17.3 Å². The monoisotopic (exact) mass is 283 g/mol. The molecule has 0 saturated heterocycles. The minimum atomic E-state index is -0.502. The van der Waals surface area contributed by atoms with E-state index in [0.29, 0.717) is 10.7 Å². The third-order valence-electron chi connectivity index (χ3n) is 3.26. The van der Waals surface area contributed by atoms with Gasteiger partial charge in [-0.2, -0.15) is 0 Å². The van der Waals surface area contributed by atoms with Crippen LogP contribution >= 0.6 is 11.6 Å². The van der Waals surface area contributed by atoms with Gasteiger partial charge >= 0.3 is 0 Å². The molecule has 4 nitrogen and oxygen atoms in total. The summed E-state index contributed by atoms with van der Waals surface area (Å²) >= 11 is 6.15. The van der Waals surface area contributed by atoms with Crippen molar-refractivity contribution in [1.29, 1.82) is 0 Å². The van der Waals surface area contributed by atoms with Crippen LogP contribution in [-0.2, 0) is 4.79 Å². The van der Waals surface area contributed by atoms with Gasteiger partial charge in [-0.05, 0) is 24.1 Å². The van der Waals surface area contributed by atoms with Gasteiger partial charge in [-0.25, -0.2) is 0 Å². The highest BCUT2D eigenvalue weighted by Gasteiger charge is 2.19. The van der Waals surface area contributed by atoms with Crippen molar-refractivity contribution in [3.63, 3.8) is 0 Å². The minimum Gasteiger partial charge on any atom is -0.376 e. The third kappa shape index (κ3) is 4.11. The molecule has 0 unspecified atom stereocenters. The second-order valence-electron chi connectivity index (χ2n) is 4.96. The molecule has 0 aliphatic rings. The highest BCUT2D eigenvalue weighted by Crippen LogP contribution is 2.27. The van der Waals surface area contributed by atoms with Crippen LogP contribution in [-0.4, -0.2) is 26.0 Å². The Morgan fingerprint density at radius 2 is 2.11 bits per heavy atom. The van der Waals surface area contributed by atoms with Crippen molar-refractivity contribution in [2.45, 2.75) is 26.3 Å². The number of benzene rings is 1. The minimum absolute atomic E-state index is 0.150. The number of halogens is 1. The van der Waals surface area contributed by atoms with Crippen LogP contribution in [0.1, 0.15) is 20.3 Å². The van der Waals surface area contributed by atoms with Crippen molar-refractivity contribution >= 4 is 28.9 Å². The Bertz CT molecular complexity index is 448. The van der Waals surface area contributed by atoms with Crippen LogP contribution in [0.5, 0.6) is 0 Å². The number of hydrogen-bond acceptors (Lipinski definition) is 3. The fourth-order valence-electron chi connectivity index (χ4n) is 1.69. The molecule has 0 aliphatic carbocycles. The van der Waals surface area contributed by atoms with E-state index in [1.54, 1.807) is 6.07 Å². The van der Waals surface area contributed by atoms with Gasteiger partial charge in [0.1, 0.15) is 0 Å². The quantitative estimate of drug-likeness (QED) is 0.873. The predicted molar refractivity (Wildman–Crippen MR) is 81.8 cm³/mol. The lowest BCUT2D eigenvalue weighted by molar-refractivity contribution is -0.118. The molecule has 106 valence electrons. The molecule has 0 aliphatic heterocycles. The summed E-state index contributed by atoms with van der Waals surface area (Å²) in [6, 6.07) is 4.92. The summed E-state index contributed by atoms with van der Waals surface area (Å²) in [7, 11) is 3.83. The number of carbonyl (C=O) groups is 1. The van der Waals surface area contributed by atoms with Crippen LogP contribution in [0.15, 0.2) is 18.2 Å². The predicted octanol–water partition coefficient (Wildman–Crippen LogP) is 2.72. The maximum absolute atomic E-state index is 12.0. The Hall–Kier alpha value is -1.26. The van der Waals surface area contributed by atoms with Crippen molar-refractivity contribution in [1.82, 2.24) is 0 Å². The Labute approximate surface area is 119 Å². The van der Waals surface area contributed by atoms with Crippen LogP contribution in [0.2, 0.25) is 5.02 Å². The Kier molecular flexibility index (Phi) is 5.63. The lowest BCUT2D eigenvalue weighted by Crippen LogP contribution is -2.40. The molecule has 2 atom stereocenters. The first-order chi connectivity index (χ1) is 8.86. The van der Waals surface area contributed by atoms with Crippen LogP contribution in [0.25, 0.3) is 0 Å². The molecule has 0 heterocycles. The number of nitrogens with one attached hydrogen (secondary N) is 1. The van der Waals surface area contributed by atoms with E-state index in [2.05, 4.69) is 5.32 Å². The van der Waals surface area contributed by atoms with E-state index < -0.39 is 6.04 Å². The molecular formula is C14H22ClN3O. The molecule has 0 fully saturated rings. The normalized spacial score (nSPS) is 13.8. The highest BCUT2D eigenvalue weighted by molar-refractivity contribution is 6.33. The number of amides is 1. The molecule has 1 amide bonds. The van der Waals surface area contributed by atoms with Gasteiger partial charge in [0.15, 0.2) is 0 Å². The van der Waals surface area contributed by atoms with E-state index in [1.165, 1.54) is 0 Å². The maximum Gasteiger partial charge on any atom is 0.241 e. The average molecular weight is 284 g/mol. The first-order valence-corrected chi connectivity index (χ1v) is 6.78. The lowest BCUT2D eigenvalue weighted by atomic mass is 9.99. The molecule has 1 rings (SSSR count). The fourth-order valence-corrected chi connectivity index (χ4v) is 2.03. The summed E-state index contributed by atoms with van der Waals surface area (Å²) in [5, 5.41) is 3.39. The first-order valence-electron chi connectivity index (χ1n) is 6.40. The van der Waals surface area contributed by atoms with Gasteiger partial charge in [0.25, 0.3) is 0 Å². The third-order valence-corrected chi connectivity index (χ3v) is 3.56. The number of rotatable bonds is 5. The summed E-state index contributed by atoms with van der Waals surface area (Å²) < 4.78 is 0. The molecular weight excluding hydrogens is 262 g/mol. The lowest BCUT2D eigenvalue weighted by Gasteiger charge is -2.19. The summed E-state index contributed by atoms with van der Waals surface area (Å²) in [4.78, 5) is 13.9. The standard InChI is InChI=1S/C14H22ClN3O/c1-5-9(2)13(16)14(19)17-10-6-7-12(18(3)4)11(15)8-10/h6-9,13H,5,16H2,1-4H3,(H,17,19)/t9-,13-/m0/s1. The molecule has 0 saturated carbocycles. The molecule has 0 bridgehead atoms. The molecule has 1 aromatic carbocycles. The van der Waals surface area contributed by atoms with Crippen LogP contribution < -0.4 is 16.0 Å². The van der Waals surface area contributed by atoms with E-state index in [0.717, 1.165) is 12.1 Å². The van der Waals surface area contributed by atoms with Gasteiger partial charge in [-0.3, -0.25) is 4.79 Å². The molecule has 19 heavy (non-hydrogen) atoms. The SMILES string of the molecule is CC[C@H](C)[C@H](N)C(=O)Nc1ccc(N(C)C)c(Cl)c1. The van der Waals surface area contributed by atoms with Crippen LogP contribution in [0.3, 0.4) is 0 Å². The number of nitrogens with zero attached hydrogens (tertiary/aromatic N) is 1. The van der Waals surface area contributed by atoms with Gasteiger partial charge in [0.05, 0.1) is 16.8 Å². The zero-order valence-corrected chi connectivity index (χ0v) is 12.7. The Morgan fingerprint density at radius 1 is 1.47 bits per heavy atom. The topological polar surface area (TPSA) is 58.4 Å². The molecule has 0 aromatic heterocycles. The molecule has 5 heteroatoms. The van der Waals surface area contributed by atoms with Crippen molar-refractivity contribution in [2.24, 2.45) is 11.7 Å². The van der Waals surface area contributed by atoms with Gasteiger partial charge in [0, 0.05) is 19.8 Å². The Balaban J connectivity index is 2.78. The number of nitrogens with two attached hydrogens (primary N) is 1. The number of hydrogen-bond donors (Lipinski definition) is 2. The summed E-state index contributed by atoms with van der Waals surface area (Å²) in [5.41, 5.74) is 7.46. The van der Waals surface area contributed by atoms with Crippen molar-refractivity contribution in [3.05, 3.63) is 23.2 Å². The van der Waals surface area contributed by atoms with E-state index in [-0.39, 0.29) is 11.8 Å². The van der Waals surface area contributed by atoms with Gasteiger partial charge in [-0.1, -0.05) is 31.9 Å². The first kappa shape index (κ1) is 15.8.